The Morgan fingerprint density at radius 1 is 1.09 bits per heavy atom. The standard InChI is InChI=1S/C22H18Br2N4O3S/c1-2-19-27-28-20(25)17(21(29)26-22(28)32-19)12-13-11-15(24)5-8-18(13)31-10-9-30-16-6-3-14(23)4-7-16/h3-8,11-12,25H,2,9-10H2,1H3/b17-12+,25-20?. The fourth-order valence-corrected chi connectivity index (χ4v) is 4.40. The summed E-state index contributed by atoms with van der Waals surface area (Å²) in [6, 6.07) is 13.1. The van der Waals surface area contributed by atoms with Crippen LogP contribution in [0.15, 0.2) is 67.1 Å². The molecule has 2 aromatic rings. The average molecular weight is 578 g/mol. The van der Waals surface area contributed by atoms with Gasteiger partial charge in [-0.3, -0.25) is 10.2 Å². The van der Waals surface area contributed by atoms with Gasteiger partial charge in [0.05, 0.1) is 5.57 Å². The second kappa shape index (κ2) is 10.0. The molecule has 2 heterocycles. The molecule has 0 aliphatic carbocycles. The first-order chi connectivity index (χ1) is 15.4. The lowest BCUT2D eigenvalue weighted by Gasteiger charge is -2.20. The lowest BCUT2D eigenvalue weighted by molar-refractivity contribution is -0.114. The minimum atomic E-state index is -0.467. The molecule has 0 unspecified atom stereocenters. The zero-order valence-electron chi connectivity index (χ0n) is 17.0. The Morgan fingerprint density at radius 3 is 2.56 bits per heavy atom. The molecule has 4 rings (SSSR count). The van der Waals surface area contributed by atoms with E-state index in [9.17, 15) is 4.79 Å². The second-order valence-electron chi connectivity index (χ2n) is 6.70. The highest BCUT2D eigenvalue weighted by Crippen LogP contribution is 2.31. The third-order valence-electron chi connectivity index (χ3n) is 4.49. The van der Waals surface area contributed by atoms with Crippen LogP contribution in [-0.4, -0.2) is 40.2 Å². The number of aliphatic imine (C=N–C) groups is 1. The third-order valence-corrected chi connectivity index (χ3v) is 6.57. The maximum Gasteiger partial charge on any atom is 0.283 e. The van der Waals surface area contributed by atoms with Crippen LogP contribution < -0.4 is 9.47 Å². The monoisotopic (exact) mass is 576 g/mol. The molecule has 2 aromatic carbocycles. The van der Waals surface area contributed by atoms with Crippen LogP contribution in [0.2, 0.25) is 0 Å². The van der Waals surface area contributed by atoms with Crippen molar-refractivity contribution < 1.29 is 14.3 Å². The fraction of sp³-hybridized carbons (Fsp3) is 0.182. The minimum absolute atomic E-state index is 0.000414. The molecular weight excluding hydrogens is 560 g/mol. The minimum Gasteiger partial charge on any atom is -0.490 e. The van der Waals surface area contributed by atoms with Crippen molar-refractivity contribution in [3.05, 3.63) is 62.5 Å². The lowest BCUT2D eigenvalue weighted by Crippen LogP contribution is -2.35. The van der Waals surface area contributed by atoms with Crippen LogP contribution in [0.5, 0.6) is 11.5 Å². The number of amidine groups is 2. The predicted octanol–water partition coefficient (Wildman–Crippen LogP) is 5.70. The van der Waals surface area contributed by atoms with Gasteiger partial charge in [-0.25, -0.2) is 0 Å². The van der Waals surface area contributed by atoms with Gasteiger partial charge < -0.3 is 9.47 Å². The highest BCUT2D eigenvalue weighted by Gasteiger charge is 2.35. The summed E-state index contributed by atoms with van der Waals surface area (Å²) in [6.45, 7) is 2.64. The number of hydrogen-bond donors (Lipinski definition) is 1. The van der Waals surface area contributed by atoms with Gasteiger partial charge >= 0.3 is 0 Å². The number of amides is 1. The molecule has 0 spiro atoms. The van der Waals surface area contributed by atoms with Crippen molar-refractivity contribution in [2.75, 3.05) is 13.2 Å². The molecule has 10 heteroatoms. The van der Waals surface area contributed by atoms with Gasteiger partial charge in [0.15, 0.2) is 5.84 Å². The molecule has 0 saturated heterocycles. The maximum absolute atomic E-state index is 12.6. The molecule has 7 nitrogen and oxygen atoms in total. The molecule has 2 aliphatic heterocycles. The molecule has 0 radical (unpaired) electrons. The Balaban J connectivity index is 1.50. The molecule has 0 saturated carbocycles. The Hall–Kier alpha value is -2.43. The first-order valence-corrected chi connectivity index (χ1v) is 12.1. The number of hydrazone groups is 1. The number of nitrogens with one attached hydrogen (secondary N) is 1. The Bertz CT molecular complexity index is 1160. The SMILES string of the molecule is CCC1=NN2C(=N)/C(=C\c3cc(Br)ccc3OCCOc3ccc(Br)cc3)C(=O)N=C2S1. The van der Waals surface area contributed by atoms with Crippen LogP contribution in [0.1, 0.15) is 18.9 Å². The van der Waals surface area contributed by atoms with E-state index in [0.717, 1.165) is 19.7 Å². The summed E-state index contributed by atoms with van der Waals surface area (Å²) in [5.74, 6) is 0.857. The van der Waals surface area contributed by atoms with Crippen molar-refractivity contribution in [2.24, 2.45) is 10.1 Å². The van der Waals surface area contributed by atoms with Crippen molar-refractivity contribution in [2.45, 2.75) is 13.3 Å². The van der Waals surface area contributed by atoms with Gasteiger partial charge in [-0.15, -0.1) is 0 Å². The molecule has 0 aromatic heterocycles. The molecule has 164 valence electrons. The first-order valence-electron chi connectivity index (χ1n) is 9.74. The zero-order valence-corrected chi connectivity index (χ0v) is 21.0. The number of carbonyl (C=O) groups is 1. The van der Waals surface area contributed by atoms with Gasteiger partial charge in [-0.2, -0.15) is 15.1 Å². The van der Waals surface area contributed by atoms with E-state index in [2.05, 4.69) is 42.0 Å². The average Bonchev–Trinajstić information content (AvgIpc) is 3.20. The topological polar surface area (TPSA) is 87.3 Å². The summed E-state index contributed by atoms with van der Waals surface area (Å²) in [5, 5.41) is 15.5. The highest BCUT2D eigenvalue weighted by molar-refractivity contribution is 9.10. The summed E-state index contributed by atoms with van der Waals surface area (Å²) in [7, 11) is 0. The lowest BCUT2D eigenvalue weighted by atomic mass is 10.1. The van der Waals surface area contributed by atoms with Crippen molar-refractivity contribution >= 4 is 71.7 Å². The number of rotatable bonds is 7. The Labute approximate surface area is 206 Å². The van der Waals surface area contributed by atoms with Gasteiger partial charge in [0.1, 0.15) is 29.8 Å². The van der Waals surface area contributed by atoms with Gasteiger partial charge in [0.25, 0.3) is 5.91 Å². The fourth-order valence-electron chi connectivity index (χ4n) is 2.94. The first kappa shape index (κ1) is 22.8. The van der Waals surface area contributed by atoms with E-state index in [1.807, 2.05) is 43.3 Å². The van der Waals surface area contributed by atoms with Gasteiger partial charge in [0.2, 0.25) is 5.17 Å². The van der Waals surface area contributed by atoms with E-state index in [1.165, 1.54) is 16.8 Å². The van der Waals surface area contributed by atoms with Crippen molar-refractivity contribution in [1.82, 2.24) is 5.01 Å². The molecule has 32 heavy (non-hydrogen) atoms. The largest absolute Gasteiger partial charge is 0.490 e. The third kappa shape index (κ3) is 5.13. The second-order valence-corrected chi connectivity index (χ2v) is 9.57. The van der Waals surface area contributed by atoms with E-state index >= 15 is 0 Å². The zero-order chi connectivity index (χ0) is 22.7. The van der Waals surface area contributed by atoms with E-state index < -0.39 is 5.91 Å². The van der Waals surface area contributed by atoms with Crippen LogP contribution in [-0.2, 0) is 4.79 Å². The quantitative estimate of drug-likeness (QED) is 0.337. The normalized spacial score (nSPS) is 16.7. The van der Waals surface area contributed by atoms with Crippen LogP contribution in [0, 0.1) is 5.41 Å². The Kier molecular flexibility index (Phi) is 7.12. The van der Waals surface area contributed by atoms with E-state index in [0.29, 0.717) is 36.1 Å². The number of ether oxygens (including phenoxy) is 2. The summed E-state index contributed by atoms with van der Waals surface area (Å²) in [6.07, 6.45) is 2.33. The number of thioether (sulfide) groups is 1. The van der Waals surface area contributed by atoms with E-state index in [-0.39, 0.29) is 11.4 Å². The van der Waals surface area contributed by atoms with Crippen LogP contribution in [0.25, 0.3) is 6.08 Å². The number of hydrogen-bond acceptors (Lipinski definition) is 6. The van der Waals surface area contributed by atoms with Gasteiger partial charge in [-0.05, 0) is 66.7 Å². The number of nitrogens with zero attached hydrogens (tertiary/aromatic N) is 3. The summed E-state index contributed by atoms with van der Waals surface area (Å²) in [4.78, 5) is 16.7. The van der Waals surface area contributed by atoms with Crippen molar-refractivity contribution in [3.63, 3.8) is 0 Å². The molecule has 1 N–H and O–H groups in total. The Morgan fingerprint density at radius 2 is 1.81 bits per heavy atom. The van der Waals surface area contributed by atoms with Gasteiger partial charge in [-0.1, -0.05) is 38.8 Å². The molecular formula is C22H18Br2N4O3S. The predicted molar refractivity (Wildman–Crippen MR) is 135 cm³/mol. The molecule has 1 amide bonds. The molecule has 0 bridgehead atoms. The number of fused-ring (bicyclic) bond motifs is 1. The van der Waals surface area contributed by atoms with Crippen LogP contribution in [0.4, 0.5) is 0 Å². The maximum atomic E-state index is 12.6. The van der Waals surface area contributed by atoms with Crippen molar-refractivity contribution in [1.29, 1.82) is 5.41 Å². The summed E-state index contributed by atoms with van der Waals surface area (Å²) < 4.78 is 13.4. The summed E-state index contributed by atoms with van der Waals surface area (Å²) in [5.41, 5.74) is 0.811. The number of halogens is 2. The smallest absolute Gasteiger partial charge is 0.283 e. The highest BCUT2D eigenvalue weighted by atomic mass is 79.9. The van der Waals surface area contributed by atoms with Crippen LogP contribution >= 0.6 is 43.6 Å². The van der Waals surface area contributed by atoms with Gasteiger partial charge in [0, 0.05) is 14.5 Å². The van der Waals surface area contributed by atoms with E-state index in [4.69, 9.17) is 14.9 Å². The van der Waals surface area contributed by atoms with Crippen LogP contribution in [0.3, 0.4) is 0 Å². The summed E-state index contributed by atoms with van der Waals surface area (Å²) >= 11 is 8.17. The molecule has 2 aliphatic rings. The molecule has 0 fully saturated rings. The number of benzene rings is 2. The number of carbonyl (C=O) groups excluding carboxylic acids is 1. The molecule has 0 atom stereocenters. The van der Waals surface area contributed by atoms with Crippen molar-refractivity contribution in [3.8, 4) is 11.5 Å². The van der Waals surface area contributed by atoms with E-state index in [1.54, 1.807) is 12.1 Å².